The van der Waals surface area contributed by atoms with Gasteiger partial charge in [-0.1, -0.05) is 193 Å². The molecule has 4 heteroatoms. The van der Waals surface area contributed by atoms with Crippen LogP contribution in [0.25, 0.3) is 22.3 Å². The minimum absolute atomic E-state index is 0.0312. The second kappa shape index (κ2) is 16.3. The molecule has 322 valence electrons. The van der Waals surface area contributed by atoms with E-state index in [1.807, 2.05) is 0 Å². The summed E-state index contributed by atoms with van der Waals surface area (Å²) < 4.78 is 0. The SMILES string of the molecule is CC(C)(C)c1ccc2c(c1)N(c1ccccc1-c1ccccc1)c1cc(N(C3=CCCC=C3)c3ccccc3)cc3c1B2c1ccc(C(C)(C)C)cc1N3c1ccccc1-c1ccccc1. The van der Waals surface area contributed by atoms with Crippen molar-refractivity contribution in [3.8, 4) is 22.3 Å². The molecule has 0 saturated heterocycles. The molecule has 0 atom stereocenters. The molecule has 0 amide bonds. The van der Waals surface area contributed by atoms with Crippen molar-refractivity contribution >= 4 is 68.6 Å². The van der Waals surface area contributed by atoms with E-state index in [0.29, 0.717) is 0 Å². The summed E-state index contributed by atoms with van der Waals surface area (Å²) >= 11 is 0. The van der Waals surface area contributed by atoms with E-state index in [4.69, 9.17) is 0 Å². The first-order valence-corrected chi connectivity index (χ1v) is 23.6. The molecule has 0 bridgehead atoms. The Morgan fingerprint density at radius 3 is 1.33 bits per heavy atom. The normalized spacial score (nSPS) is 14.0. The monoisotopic (exact) mass is 853 g/mol. The fourth-order valence-corrected chi connectivity index (χ4v) is 10.4. The average molecular weight is 854 g/mol. The molecule has 8 aromatic carbocycles. The van der Waals surface area contributed by atoms with Crippen molar-refractivity contribution in [2.24, 2.45) is 0 Å². The maximum Gasteiger partial charge on any atom is 0.252 e. The first-order valence-electron chi connectivity index (χ1n) is 23.6. The van der Waals surface area contributed by atoms with Crippen molar-refractivity contribution in [1.29, 1.82) is 0 Å². The van der Waals surface area contributed by atoms with Crippen LogP contribution in [0.4, 0.5) is 45.5 Å². The molecular weight excluding hydrogens is 798 g/mol. The van der Waals surface area contributed by atoms with E-state index >= 15 is 0 Å². The van der Waals surface area contributed by atoms with Crippen molar-refractivity contribution in [2.45, 2.75) is 65.2 Å². The Kier molecular flexibility index (Phi) is 10.2. The predicted molar refractivity (Wildman–Crippen MR) is 284 cm³/mol. The quantitative estimate of drug-likeness (QED) is 0.148. The summed E-state index contributed by atoms with van der Waals surface area (Å²) in [5.74, 6) is 0. The first kappa shape index (κ1) is 41.4. The molecule has 66 heavy (non-hydrogen) atoms. The molecule has 0 radical (unpaired) electrons. The molecule has 3 nitrogen and oxygen atoms in total. The maximum atomic E-state index is 2.61. The third-order valence-corrected chi connectivity index (χ3v) is 13.8. The fraction of sp³-hybridized carbons (Fsp3) is 0.161. The summed E-state index contributed by atoms with van der Waals surface area (Å²) in [7, 11) is 0. The molecule has 8 aromatic rings. The van der Waals surface area contributed by atoms with Crippen LogP contribution >= 0.6 is 0 Å². The van der Waals surface area contributed by atoms with Gasteiger partial charge in [0.2, 0.25) is 0 Å². The zero-order valence-corrected chi connectivity index (χ0v) is 39.0. The van der Waals surface area contributed by atoms with Crippen LogP contribution in [0, 0.1) is 0 Å². The van der Waals surface area contributed by atoms with E-state index in [0.717, 1.165) is 35.6 Å². The van der Waals surface area contributed by atoms with Crippen molar-refractivity contribution in [3.63, 3.8) is 0 Å². The van der Waals surface area contributed by atoms with Gasteiger partial charge in [0.05, 0.1) is 17.1 Å². The van der Waals surface area contributed by atoms with Gasteiger partial charge in [-0.3, -0.25) is 0 Å². The van der Waals surface area contributed by atoms with Gasteiger partial charge in [-0.15, -0.1) is 0 Å². The standard InChI is InChI=1S/C62H56BN3/c1-61(2,3)45-35-37-52-56(39-45)65(54-33-21-19-31-50(54)43-23-11-7-12-24-43)58-41-49(64(47-27-15-9-16-28-47)48-29-17-10-18-30-48)42-59-60(58)63(52)53-38-36-46(62(4,5)6)40-57(53)66(59)55-34-22-20-32-51(55)44-25-13-8-14-26-44/h7-9,11-17,19-42H,10,18H2,1-6H3. The topological polar surface area (TPSA) is 9.72 Å². The van der Waals surface area contributed by atoms with Crippen LogP contribution in [0.3, 0.4) is 0 Å². The van der Waals surface area contributed by atoms with E-state index in [1.165, 1.54) is 78.2 Å². The zero-order chi connectivity index (χ0) is 45.2. The molecule has 0 N–H and O–H groups in total. The molecule has 0 unspecified atom stereocenters. The number of allylic oxidation sites excluding steroid dienone is 3. The summed E-state index contributed by atoms with van der Waals surface area (Å²) in [4.78, 5) is 7.69. The number of hydrogen-bond donors (Lipinski definition) is 0. The average Bonchev–Trinajstić information content (AvgIpc) is 3.34. The molecule has 2 aliphatic heterocycles. The Morgan fingerprint density at radius 1 is 0.424 bits per heavy atom. The highest BCUT2D eigenvalue weighted by Crippen LogP contribution is 2.51. The molecule has 3 aliphatic rings. The van der Waals surface area contributed by atoms with Gasteiger partial charge in [0.25, 0.3) is 6.71 Å². The highest BCUT2D eigenvalue weighted by atomic mass is 15.2. The van der Waals surface area contributed by atoms with Gasteiger partial charge < -0.3 is 14.7 Å². The van der Waals surface area contributed by atoms with Gasteiger partial charge in [0.15, 0.2) is 0 Å². The number of para-hydroxylation sites is 3. The second-order valence-corrected chi connectivity index (χ2v) is 20.1. The lowest BCUT2D eigenvalue weighted by Gasteiger charge is -2.46. The number of fused-ring (bicyclic) bond motifs is 4. The van der Waals surface area contributed by atoms with Crippen LogP contribution in [0.5, 0.6) is 0 Å². The molecule has 0 spiro atoms. The lowest BCUT2D eigenvalue weighted by molar-refractivity contribution is 0.590. The number of nitrogens with zero attached hydrogens (tertiary/aromatic N) is 3. The van der Waals surface area contributed by atoms with Gasteiger partial charge in [-0.25, -0.2) is 0 Å². The summed E-state index contributed by atoms with van der Waals surface area (Å²) in [5, 5.41) is 0. The molecule has 0 fully saturated rings. The minimum atomic E-state index is -0.0686. The van der Waals surface area contributed by atoms with E-state index in [2.05, 4.69) is 263 Å². The van der Waals surface area contributed by atoms with Gasteiger partial charge >= 0.3 is 0 Å². The fourth-order valence-electron chi connectivity index (χ4n) is 10.4. The number of benzene rings is 8. The summed E-state index contributed by atoms with van der Waals surface area (Å²) in [6.07, 6.45) is 9.07. The largest absolute Gasteiger partial charge is 0.311 e. The molecule has 2 heterocycles. The van der Waals surface area contributed by atoms with E-state index in [1.54, 1.807) is 0 Å². The van der Waals surface area contributed by atoms with Gasteiger partial charge in [0, 0.05) is 45.3 Å². The van der Waals surface area contributed by atoms with Crippen LogP contribution in [0.2, 0.25) is 0 Å². The number of hydrogen-bond acceptors (Lipinski definition) is 3. The highest BCUT2D eigenvalue weighted by Gasteiger charge is 2.45. The van der Waals surface area contributed by atoms with Crippen molar-refractivity contribution in [3.05, 3.63) is 223 Å². The van der Waals surface area contributed by atoms with Gasteiger partial charge in [-0.05, 0) is 117 Å². The molecule has 0 saturated carbocycles. The Labute approximate surface area is 392 Å². The van der Waals surface area contributed by atoms with E-state index in [-0.39, 0.29) is 17.5 Å². The van der Waals surface area contributed by atoms with Crippen LogP contribution in [-0.2, 0) is 10.8 Å². The smallest absolute Gasteiger partial charge is 0.252 e. The Morgan fingerprint density at radius 2 is 0.879 bits per heavy atom. The van der Waals surface area contributed by atoms with E-state index in [9.17, 15) is 0 Å². The van der Waals surface area contributed by atoms with Gasteiger partial charge in [0.1, 0.15) is 0 Å². The zero-order valence-electron chi connectivity index (χ0n) is 39.0. The Hall–Kier alpha value is -7.30. The van der Waals surface area contributed by atoms with Crippen molar-refractivity contribution < 1.29 is 0 Å². The van der Waals surface area contributed by atoms with Gasteiger partial charge in [-0.2, -0.15) is 0 Å². The summed E-state index contributed by atoms with van der Waals surface area (Å²) in [5.41, 5.74) is 21.7. The third-order valence-electron chi connectivity index (χ3n) is 13.8. The second-order valence-electron chi connectivity index (χ2n) is 20.1. The van der Waals surface area contributed by atoms with Crippen LogP contribution in [0.1, 0.15) is 65.5 Å². The maximum absolute atomic E-state index is 2.61. The molecular formula is C62H56BN3. The Balaban J connectivity index is 1.31. The number of anilines is 8. The minimum Gasteiger partial charge on any atom is -0.311 e. The Bertz CT molecular complexity index is 3000. The lowest BCUT2D eigenvalue weighted by Crippen LogP contribution is -2.61. The van der Waals surface area contributed by atoms with Crippen molar-refractivity contribution in [1.82, 2.24) is 0 Å². The van der Waals surface area contributed by atoms with Crippen LogP contribution in [0.15, 0.2) is 212 Å². The van der Waals surface area contributed by atoms with E-state index < -0.39 is 0 Å². The highest BCUT2D eigenvalue weighted by molar-refractivity contribution is 7.00. The van der Waals surface area contributed by atoms with Crippen molar-refractivity contribution in [2.75, 3.05) is 14.7 Å². The van der Waals surface area contributed by atoms with Crippen LogP contribution < -0.4 is 31.1 Å². The van der Waals surface area contributed by atoms with Crippen LogP contribution in [-0.4, -0.2) is 6.71 Å². The molecule has 1 aliphatic carbocycles. The molecule has 0 aromatic heterocycles. The first-order chi connectivity index (χ1) is 32.0. The lowest BCUT2D eigenvalue weighted by atomic mass is 9.33. The molecule has 11 rings (SSSR count). The number of rotatable bonds is 7. The summed E-state index contributed by atoms with van der Waals surface area (Å²) in [6, 6.07) is 70.4. The summed E-state index contributed by atoms with van der Waals surface area (Å²) in [6.45, 7) is 14.0. The third kappa shape index (κ3) is 7.17. The predicted octanol–water partition coefficient (Wildman–Crippen LogP) is 15.1.